The van der Waals surface area contributed by atoms with E-state index in [-0.39, 0.29) is 11.7 Å². The topological polar surface area (TPSA) is 47.6 Å². The molecule has 8 heteroatoms. The summed E-state index contributed by atoms with van der Waals surface area (Å²) < 4.78 is 26.6. The first kappa shape index (κ1) is 18.8. The van der Waals surface area contributed by atoms with Crippen LogP contribution in [0.25, 0.3) is 0 Å². The summed E-state index contributed by atoms with van der Waals surface area (Å²) in [6, 6.07) is 6.69. The van der Waals surface area contributed by atoms with Gasteiger partial charge in [-0.1, -0.05) is 6.07 Å². The molecule has 0 saturated carbocycles. The lowest BCUT2D eigenvalue weighted by atomic mass is 10.1. The van der Waals surface area contributed by atoms with E-state index < -0.39 is 17.7 Å². The number of anilines is 1. The van der Waals surface area contributed by atoms with Gasteiger partial charge in [0.1, 0.15) is 11.6 Å². The average Bonchev–Trinajstić information content (AvgIpc) is 3.13. The van der Waals surface area contributed by atoms with Crippen LogP contribution in [-0.2, 0) is 0 Å². The number of rotatable bonds is 5. The van der Waals surface area contributed by atoms with E-state index in [0.717, 1.165) is 38.3 Å². The van der Waals surface area contributed by atoms with Crippen molar-refractivity contribution in [2.75, 3.05) is 45.1 Å². The lowest BCUT2D eigenvalue weighted by Gasteiger charge is -2.37. The van der Waals surface area contributed by atoms with Gasteiger partial charge in [0.2, 0.25) is 0 Å². The van der Waals surface area contributed by atoms with Gasteiger partial charge < -0.3 is 15.5 Å². The zero-order valence-electron chi connectivity index (χ0n) is 14.5. The molecule has 5 nitrogen and oxygen atoms in total. The second-order valence-corrected chi connectivity index (χ2v) is 7.31. The molecule has 2 N–H and O–H groups in total. The van der Waals surface area contributed by atoms with Gasteiger partial charge in [-0.15, -0.1) is 11.3 Å². The van der Waals surface area contributed by atoms with Crippen molar-refractivity contribution in [3.8, 4) is 0 Å². The number of piperazine rings is 1. The van der Waals surface area contributed by atoms with Crippen LogP contribution in [0.1, 0.15) is 10.9 Å². The molecule has 1 aliphatic heterocycles. The van der Waals surface area contributed by atoms with Crippen LogP contribution in [-0.4, -0.2) is 55.6 Å². The number of carbonyl (C=O) groups excluding carboxylic acids is 1. The molecule has 3 rings (SSSR count). The Balaban J connectivity index is 1.61. The Kier molecular flexibility index (Phi) is 6.18. The van der Waals surface area contributed by atoms with Crippen LogP contribution in [0.2, 0.25) is 0 Å². The molecule has 2 amide bonds. The van der Waals surface area contributed by atoms with Gasteiger partial charge in [-0.3, -0.25) is 4.90 Å². The first-order valence-corrected chi connectivity index (χ1v) is 9.37. The van der Waals surface area contributed by atoms with Crippen LogP contribution in [0, 0.1) is 11.6 Å². The highest BCUT2D eigenvalue weighted by molar-refractivity contribution is 7.10. The van der Waals surface area contributed by atoms with Crippen molar-refractivity contribution in [3.63, 3.8) is 0 Å². The van der Waals surface area contributed by atoms with Crippen LogP contribution < -0.4 is 10.6 Å². The normalized spacial score (nSPS) is 17.0. The molecule has 0 radical (unpaired) electrons. The number of hydrogen-bond acceptors (Lipinski definition) is 4. The second kappa shape index (κ2) is 8.57. The van der Waals surface area contributed by atoms with Crippen molar-refractivity contribution in [3.05, 3.63) is 52.2 Å². The Morgan fingerprint density at radius 2 is 2.00 bits per heavy atom. The molecule has 1 aliphatic rings. The maximum Gasteiger partial charge on any atom is 0.319 e. The molecule has 1 saturated heterocycles. The highest BCUT2D eigenvalue weighted by Crippen LogP contribution is 2.25. The monoisotopic (exact) mass is 380 g/mol. The lowest BCUT2D eigenvalue weighted by molar-refractivity contribution is 0.113. The van der Waals surface area contributed by atoms with Crippen molar-refractivity contribution >= 4 is 23.1 Å². The minimum absolute atomic E-state index is 0.0452. The summed E-state index contributed by atoms with van der Waals surface area (Å²) in [4.78, 5) is 18.0. The number of carbonyl (C=O) groups is 1. The average molecular weight is 380 g/mol. The van der Waals surface area contributed by atoms with Crippen LogP contribution in [0.15, 0.2) is 35.7 Å². The summed E-state index contributed by atoms with van der Waals surface area (Å²) in [5.74, 6) is -1.48. The molecular formula is C18H22F2N4OS. The largest absolute Gasteiger partial charge is 0.336 e. The number of urea groups is 1. The zero-order valence-corrected chi connectivity index (χ0v) is 15.4. The van der Waals surface area contributed by atoms with Crippen LogP contribution >= 0.6 is 11.3 Å². The highest BCUT2D eigenvalue weighted by atomic mass is 32.1. The van der Waals surface area contributed by atoms with E-state index in [4.69, 9.17) is 0 Å². The van der Waals surface area contributed by atoms with Crippen molar-refractivity contribution in [2.45, 2.75) is 6.04 Å². The molecule has 0 spiro atoms. The number of likely N-dealkylation sites (N-methyl/N-ethyl adjacent to an activating group) is 1. The predicted octanol–water partition coefficient (Wildman–Crippen LogP) is 3.14. The molecule has 1 unspecified atom stereocenters. The molecule has 1 aromatic carbocycles. The van der Waals surface area contributed by atoms with Crippen molar-refractivity contribution in [1.82, 2.24) is 15.1 Å². The molecule has 1 atom stereocenters. The number of nitrogens with one attached hydrogen (secondary N) is 2. The minimum atomic E-state index is -0.797. The van der Waals surface area contributed by atoms with Crippen molar-refractivity contribution in [2.24, 2.45) is 0 Å². The Labute approximate surface area is 155 Å². The summed E-state index contributed by atoms with van der Waals surface area (Å²) in [7, 11) is 2.10. The van der Waals surface area contributed by atoms with Gasteiger partial charge in [0.05, 0.1) is 11.7 Å². The third-order valence-electron chi connectivity index (χ3n) is 4.49. The van der Waals surface area contributed by atoms with Gasteiger partial charge in [-0.2, -0.15) is 0 Å². The maximum atomic E-state index is 13.7. The lowest BCUT2D eigenvalue weighted by Crippen LogP contribution is -2.48. The molecule has 1 fully saturated rings. The number of benzene rings is 1. The molecule has 26 heavy (non-hydrogen) atoms. The Hall–Kier alpha value is -2.03. The summed E-state index contributed by atoms with van der Waals surface area (Å²) >= 11 is 1.66. The van der Waals surface area contributed by atoms with Crippen molar-refractivity contribution < 1.29 is 13.6 Å². The minimum Gasteiger partial charge on any atom is -0.336 e. The number of thiophene rings is 1. The summed E-state index contributed by atoms with van der Waals surface area (Å²) in [5.41, 5.74) is -0.0452. The van der Waals surface area contributed by atoms with Gasteiger partial charge in [0.25, 0.3) is 0 Å². The van der Waals surface area contributed by atoms with Crippen LogP contribution in [0.3, 0.4) is 0 Å². The van der Waals surface area contributed by atoms with Gasteiger partial charge in [0.15, 0.2) is 0 Å². The standard InChI is InChI=1S/C18H22F2N4OS/c1-23-6-8-24(9-7-23)16(17-3-2-10-26-17)12-21-18(25)22-15-5-4-13(19)11-14(15)20/h2-5,10-11,16H,6-9,12H2,1H3,(H2,21,22,25). The fourth-order valence-electron chi connectivity index (χ4n) is 2.97. The number of halogens is 2. The maximum absolute atomic E-state index is 13.7. The molecule has 2 aromatic rings. The molecule has 0 aliphatic carbocycles. The van der Waals surface area contributed by atoms with Crippen LogP contribution in [0.4, 0.5) is 19.3 Å². The summed E-state index contributed by atoms with van der Waals surface area (Å²) in [5, 5.41) is 7.26. The molecule has 140 valence electrons. The van der Waals surface area contributed by atoms with E-state index in [1.165, 1.54) is 10.9 Å². The first-order chi connectivity index (χ1) is 12.5. The van der Waals surface area contributed by atoms with E-state index in [0.29, 0.717) is 6.54 Å². The first-order valence-electron chi connectivity index (χ1n) is 8.49. The van der Waals surface area contributed by atoms with E-state index in [2.05, 4.69) is 33.5 Å². The Morgan fingerprint density at radius 3 is 2.65 bits per heavy atom. The summed E-state index contributed by atoms with van der Waals surface area (Å²) in [6.45, 7) is 4.23. The fraction of sp³-hybridized carbons (Fsp3) is 0.389. The van der Waals surface area contributed by atoms with E-state index >= 15 is 0 Å². The molecule has 2 heterocycles. The van der Waals surface area contributed by atoms with E-state index in [9.17, 15) is 13.6 Å². The predicted molar refractivity (Wildman–Crippen MR) is 99.5 cm³/mol. The summed E-state index contributed by atoms with van der Waals surface area (Å²) in [6.07, 6.45) is 0. The molecule has 0 bridgehead atoms. The van der Waals surface area contributed by atoms with Gasteiger partial charge >= 0.3 is 6.03 Å². The SMILES string of the molecule is CN1CCN(C(CNC(=O)Nc2ccc(F)cc2F)c2cccs2)CC1. The Bertz CT molecular complexity index is 733. The fourth-order valence-corrected chi connectivity index (χ4v) is 3.83. The van der Waals surface area contributed by atoms with E-state index in [1.54, 1.807) is 11.3 Å². The Morgan fingerprint density at radius 1 is 1.23 bits per heavy atom. The van der Waals surface area contributed by atoms with Gasteiger partial charge in [0, 0.05) is 43.7 Å². The highest BCUT2D eigenvalue weighted by Gasteiger charge is 2.25. The van der Waals surface area contributed by atoms with Crippen LogP contribution in [0.5, 0.6) is 0 Å². The smallest absolute Gasteiger partial charge is 0.319 e. The third kappa shape index (κ3) is 4.78. The number of nitrogens with zero attached hydrogens (tertiary/aromatic N) is 2. The molecular weight excluding hydrogens is 358 g/mol. The van der Waals surface area contributed by atoms with Gasteiger partial charge in [-0.05, 0) is 30.6 Å². The third-order valence-corrected chi connectivity index (χ3v) is 5.46. The van der Waals surface area contributed by atoms with E-state index in [1.807, 2.05) is 11.4 Å². The quantitative estimate of drug-likeness (QED) is 0.838. The van der Waals surface area contributed by atoms with Crippen molar-refractivity contribution in [1.29, 1.82) is 0 Å². The number of amides is 2. The second-order valence-electron chi connectivity index (χ2n) is 6.33. The molecule has 1 aromatic heterocycles. The van der Waals surface area contributed by atoms with Gasteiger partial charge in [-0.25, -0.2) is 13.6 Å². The number of hydrogen-bond donors (Lipinski definition) is 2. The zero-order chi connectivity index (χ0) is 18.5.